The smallest absolute Gasteiger partial charge is 0.231 e. The monoisotopic (exact) mass is 300 g/mol. The van der Waals surface area contributed by atoms with E-state index in [1.54, 1.807) is 0 Å². The van der Waals surface area contributed by atoms with Crippen LogP contribution in [0.1, 0.15) is 18.9 Å². The summed E-state index contributed by atoms with van der Waals surface area (Å²) in [7, 11) is -3.37. The van der Waals surface area contributed by atoms with Gasteiger partial charge in [-0.25, -0.2) is 13.6 Å². The summed E-state index contributed by atoms with van der Waals surface area (Å²) in [6.45, 7) is 4.60. The Hall–Kier alpha value is -1.31. The predicted octanol–water partition coefficient (Wildman–Crippen LogP) is 0.916. The van der Waals surface area contributed by atoms with Crippen LogP contribution in [0.2, 0.25) is 0 Å². The third kappa shape index (κ3) is 4.36. The number of hydrogen-bond donors (Lipinski definition) is 1. The van der Waals surface area contributed by atoms with Crippen LogP contribution in [-0.2, 0) is 16.6 Å². The first-order chi connectivity index (χ1) is 9.48. The highest BCUT2D eigenvalue weighted by atomic mass is 32.2. The van der Waals surface area contributed by atoms with E-state index in [-0.39, 0.29) is 12.5 Å². The number of sulfonamides is 1. The molecule has 0 fully saturated rings. The molecule has 20 heavy (non-hydrogen) atoms. The molecule has 2 rings (SSSR count). The van der Waals surface area contributed by atoms with Gasteiger partial charge in [-0.05, 0) is 37.2 Å². The van der Waals surface area contributed by atoms with Crippen molar-refractivity contribution >= 4 is 10.0 Å². The van der Waals surface area contributed by atoms with Gasteiger partial charge in [0.1, 0.15) is 0 Å². The number of fused-ring (bicyclic) bond motifs is 1. The lowest BCUT2D eigenvalue weighted by atomic mass is 10.2. The van der Waals surface area contributed by atoms with Crippen LogP contribution in [0.5, 0.6) is 11.5 Å². The zero-order valence-corrected chi connectivity index (χ0v) is 12.4. The summed E-state index contributed by atoms with van der Waals surface area (Å²) >= 11 is 0. The van der Waals surface area contributed by atoms with Crippen molar-refractivity contribution in [3.05, 3.63) is 23.8 Å². The summed E-state index contributed by atoms with van der Waals surface area (Å²) in [5.74, 6) is 1.55. The van der Waals surface area contributed by atoms with Gasteiger partial charge in [0.2, 0.25) is 16.8 Å². The topological polar surface area (TPSA) is 81.9 Å². The zero-order chi connectivity index (χ0) is 14.6. The van der Waals surface area contributed by atoms with Crippen LogP contribution >= 0.6 is 0 Å². The molecular formula is C13H20N2O4S. The molecule has 1 aliphatic rings. The summed E-state index contributed by atoms with van der Waals surface area (Å²) in [5, 5.41) is 5.00. The standard InChI is InChI=1S/C13H20N2O4S/c1-2-15(6-3-7-20(14,16)17)9-11-4-5-12-13(8-11)19-10-18-12/h4-5,8H,2-3,6-7,9-10H2,1H3,(H2,14,16,17). The molecule has 0 unspecified atom stereocenters. The third-order valence-corrected chi connectivity index (χ3v) is 4.05. The third-order valence-electron chi connectivity index (χ3n) is 3.19. The lowest BCUT2D eigenvalue weighted by molar-refractivity contribution is 0.174. The highest BCUT2D eigenvalue weighted by molar-refractivity contribution is 7.89. The number of rotatable bonds is 7. The highest BCUT2D eigenvalue weighted by Crippen LogP contribution is 2.32. The van der Waals surface area contributed by atoms with Crippen molar-refractivity contribution in [2.24, 2.45) is 5.14 Å². The van der Waals surface area contributed by atoms with Crippen LogP contribution in [0.25, 0.3) is 0 Å². The molecule has 1 aliphatic heterocycles. The van der Waals surface area contributed by atoms with E-state index >= 15 is 0 Å². The van der Waals surface area contributed by atoms with E-state index in [0.717, 1.165) is 30.2 Å². The number of ether oxygens (including phenoxy) is 2. The van der Waals surface area contributed by atoms with Crippen molar-refractivity contribution in [3.63, 3.8) is 0 Å². The fourth-order valence-corrected chi connectivity index (χ4v) is 2.67. The van der Waals surface area contributed by atoms with Crippen molar-refractivity contribution in [2.75, 3.05) is 25.6 Å². The van der Waals surface area contributed by atoms with Crippen molar-refractivity contribution in [1.29, 1.82) is 0 Å². The minimum Gasteiger partial charge on any atom is -0.454 e. The first-order valence-electron chi connectivity index (χ1n) is 6.59. The van der Waals surface area contributed by atoms with Gasteiger partial charge in [-0.2, -0.15) is 0 Å². The van der Waals surface area contributed by atoms with Gasteiger partial charge in [0.05, 0.1) is 5.75 Å². The van der Waals surface area contributed by atoms with Gasteiger partial charge in [0.25, 0.3) is 0 Å². The molecule has 112 valence electrons. The van der Waals surface area contributed by atoms with Crippen molar-refractivity contribution in [3.8, 4) is 11.5 Å². The number of nitrogens with two attached hydrogens (primary N) is 1. The minimum atomic E-state index is -3.37. The normalized spacial score (nSPS) is 13.9. The molecule has 1 aromatic carbocycles. The second kappa shape index (κ2) is 6.43. The maximum absolute atomic E-state index is 10.9. The van der Waals surface area contributed by atoms with E-state index < -0.39 is 10.0 Å². The van der Waals surface area contributed by atoms with Crippen molar-refractivity contribution < 1.29 is 17.9 Å². The Bertz CT molecular complexity index is 559. The molecule has 7 heteroatoms. The van der Waals surface area contributed by atoms with Gasteiger partial charge in [-0.15, -0.1) is 0 Å². The fourth-order valence-electron chi connectivity index (χ4n) is 2.14. The van der Waals surface area contributed by atoms with E-state index in [9.17, 15) is 8.42 Å². The predicted molar refractivity (Wildman–Crippen MR) is 76.1 cm³/mol. The van der Waals surface area contributed by atoms with E-state index in [0.29, 0.717) is 13.0 Å². The number of benzene rings is 1. The molecule has 6 nitrogen and oxygen atoms in total. The Morgan fingerprint density at radius 2 is 2.05 bits per heavy atom. The van der Waals surface area contributed by atoms with E-state index in [4.69, 9.17) is 14.6 Å². The highest BCUT2D eigenvalue weighted by Gasteiger charge is 2.14. The molecule has 0 saturated carbocycles. The first kappa shape index (κ1) is 15.1. The molecule has 0 amide bonds. The molecule has 1 heterocycles. The van der Waals surface area contributed by atoms with E-state index in [2.05, 4.69) is 4.90 Å². The van der Waals surface area contributed by atoms with Crippen LogP contribution in [0.4, 0.5) is 0 Å². The molecule has 0 bridgehead atoms. The van der Waals surface area contributed by atoms with Crippen LogP contribution in [-0.4, -0.2) is 39.0 Å². The van der Waals surface area contributed by atoms with Gasteiger partial charge in [-0.3, -0.25) is 4.90 Å². The molecule has 0 aromatic heterocycles. The maximum Gasteiger partial charge on any atom is 0.231 e. The largest absolute Gasteiger partial charge is 0.454 e. The first-order valence-corrected chi connectivity index (χ1v) is 8.31. The van der Waals surface area contributed by atoms with E-state index in [1.165, 1.54) is 0 Å². The van der Waals surface area contributed by atoms with Crippen LogP contribution < -0.4 is 14.6 Å². The lowest BCUT2D eigenvalue weighted by Gasteiger charge is -2.20. The molecular weight excluding hydrogens is 280 g/mol. The van der Waals surface area contributed by atoms with Crippen molar-refractivity contribution in [1.82, 2.24) is 4.90 Å². The molecule has 0 atom stereocenters. The average Bonchev–Trinajstić information content (AvgIpc) is 2.83. The van der Waals surface area contributed by atoms with Crippen molar-refractivity contribution in [2.45, 2.75) is 19.9 Å². The second-order valence-corrected chi connectivity index (χ2v) is 6.51. The zero-order valence-electron chi connectivity index (χ0n) is 11.5. The fraction of sp³-hybridized carbons (Fsp3) is 0.538. The van der Waals surface area contributed by atoms with Gasteiger partial charge in [0, 0.05) is 6.54 Å². The SMILES string of the molecule is CCN(CCCS(N)(=O)=O)Cc1ccc2c(c1)OCO2. The molecule has 2 N–H and O–H groups in total. The van der Waals surface area contributed by atoms with Crippen LogP contribution in [0.15, 0.2) is 18.2 Å². The average molecular weight is 300 g/mol. The summed E-state index contributed by atoms with van der Waals surface area (Å²) in [6, 6.07) is 5.86. The van der Waals surface area contributed by atoms with Gasteiger partial charge >= 0.3 is 0 Å². The molecule has 1 aromatic rings. The molecule has 0 spiro atoms. The summed E-state index contributed by atoms with van der Waals surface area (Å²) in [6.07, 6.45) is 0.539. The molecule has 0 aliphatic carbocycles. The van der Waals surface area contributed by atoms with Gasteiger partial charge < -0.3 is 9.47 Å². The Morgan fingerprint density at radius 1 is 1.30 bits per heavy atom. The Morgan fingerprint density at radius 3 is 2.75 bits per heavy atom. The number of primary sulfonamides is 1. The number of hydrogen-bond acceptors (Lipinski definition) is 5. The minimum absolute atomic E-state index is 0.0185. The molecule has 0 saturated heterocycles. The molecule has 0 radical (unpaired) electrons. The van der Waals surface area contributed by atoms with E-state index in [1.807, 2.05) is 25.1 Å². The Labute approximate surface area is 119 Å². The lowest BCUT2D eigenvalue weighted by Crippen LogP contribution is -2.27. The summed E-state index contributed by atoms with van der Waals surface area (Å²) < 4.78 is 32.4. The second-order valence-electron chi connectivity index (χ2n) is 4.78. The van der Waals surface area contributed by atoms with Crippen LogP contribution in [0.3, 0.4) is 0 Å². The maximum atomic E-state index is 10.9. The Balaban J connectivity index is 1.89. The van der Waals surface area contributed by atoms with Crippen LogP contribution in [0, 0.1) is 0 Å². The van der Waals surface area contributed by atoms with Gasteiger partial charge in [0.15, 0.2) is 11.5 Å². The Kier molecular flexibility index (Phi) is 4.85. The summed E-state index contributed by atoms with van der Waals surface area (Å²) in [5.41, 5.74) is 1.12. The van der Waals surface area contributed by atoms with Gasteiger partial charge in [-0.1, -0.05) is 13.0 Å². The summed E-state index contributed by atoms with van der Waals surface area (Å²) in [4.78, 5) is 2.17. The number of nitrogens with zero attached hydrogens (tertiary/aromatic N) is 1. The quantitative estimate of drug-likeness (QED) is 0.809.